The third-order valence-corrected chi connectivity index (χ3v) is 8.44. The van der Waals surface area contributed by atoms with Crippen LogP contribution in [0.5, 0.6) is 0 Å². The molecule has 1 unspecified atom stereocenters. The van der Waals surface area contributed by atoms with Crippen LogP contribution in [0.4, 0.5) is 0 Å². The van der Waals surface area contributed by atoms with Crippen molar-refractivity contribution in [1.29, 1.82) is 0 Å². The van der Waals surface area contributed by atoms with Crippen molar-refractivity contribution < 1.29 is 5.21 Å². The fourth-order valence-corrected chi connectivity index (χ4v) is 7.25. The van der Waals surface area contributed by atoms with Crippen LogP contribution in [0.25, 0.3) is 0 Å². The molecule has 4 rings (SSSR count). The van der Waals surface area contributed by atoms with Crippen LogP contribution in [0.15, 0.2) is 5.16 Å². The lowest BCUT2D eigenvalue weighted by molar-refractivity contribution is -0.0938. The van der Waals surface area contributed by atoms with Gasteiger partial charge in [0.05, 0.1) is 5.71 Å². The summed E-state index contributed by atoms with van der Waals surface area (Å²) in [5.41, 5.74) is 1.96. The van der Waals surface area contributed by atoms with E-state index in [9.17, 15) is 5.21 Å². The molecular formula is C19H31NO. The largest absolute Gasteiger partial charge is 0.411 e. The number of hydrogen-bond acceptors (Lipinski definition) is 2. The Labute approximate surface area is 129 Å². The van der Waals surface area contributed by atoms with Crippen molar-refractivity contribution >= 4 is 5.71 Å². The minimum Gasteiger partial charge on any atom is -0.411 e. The summed E-state index contributed by atoms with van der Waals surface area (Å²) in [6.07, 6.45) is 13.8. The van der Waals surface area contributed by atoms with Gasteiger partial charge in [0.1, 0.15) is 0 Å². The first-order chi connectivity index (χ1) is 10.1. The highest BCUT2D eigenvalue weighted by atomic mass is 16.4. The minimum atomic E-state index is 0.216. The number of fused-ring (bicyclic) bond motifs is 5. The maximum absolute atomic E-state index is 9.39. The van der Waals surface area contributed by atoms with Gasteiger partial charge in [-0.05, 0) is 80.5 Å². The molecule has 21 heavy (non-hydrogen) atoms. The smallest absolute Gasteiger partial charge is 0.0632 e. The predicted molar refractivity (Wildman–Crippen MR) is 85.6 cm³/mol. The standard InChI is InChI=1S/C19H31NO/c1-18-11-4-3-5-13(18)6-7-14-15-8-9-17(20-21)19(15,2)12-10-16(14)18/h13-16,21H,3-12H2,1-2H3/t13?,14-,15-,16+,18-,19-/m0/s1. The molecule has 4 aliphatic carbocycles. The van der Waals surface area contributed by atoms with Crippen molar-refractivity contribution in [1.82, 2.24) is 0 Å². The van der Waals surface area contributed by atoms with Gasteiger partial charge >= 0.3 is 0 Å². The van der Waals surface area contributed by atoms with Crippen molar-refractivity contribution in [3.05, 3.63) is 0 Å². The maximum atomic E-state index is 9.39. The van der Waals surface area contributed by atoms with Gasteiger partial charge in [-0.3, -0.25) is 0 Å². The Hall–Kier alpha value is -0.530. The van der Waals surface area contributed by atoms with E-state index in [-0.39, 0.29) is 5.41 Å². The molecule has 2 heteroatoms. The molecule has 0 amide bonds. The molecule has 0 bridgehead atoms. The van der Waals surface area contributed by atoms with Crippen LogP contribution in [-0.4, -0.2) is 10.9 Å². The summed E-state index contributed by atoms with van der Waals surface area (Å²) in [5, 5.41) is 13.1. The average Bonchev–Trinajstić information content (AvgIpc) is 2.83. The monoisotopic (exact) mass is 289 g/mol. The lowest BCUT2D eigenvalue weighted by atomic mass is 9.45. The van der Waals surface area contributed by atoms with Crippen molar-refractivity contribution in [2.24, 2.45) is 39.7 Å². The quantitative estimate of drug-likeness (QED) is 0.479. The van der Waals surface area contributed by atoms with Gasteiger partial charge in [0.2, 0.25) is 0 Å². The molecule has 118 valence electrons. The summed E-state index contributed by atoms with van der Waals surface area (Å²) in [6.45, 7) is 5.03. The first-order valence-electron chi connectivity index (χ1n) is 9.31. The van der Waals surface area contributed by atoms with Crippen LogP contribution < -0.4 is 0 Å². The van der Waals surface area contributed by atoms with E-state index in [1.807, 2.05) is 0 Å². The molecule has 4 saturated carbocycles. The fraction of sp³-hybridized carbons (Fsp3) is 0.947. The van der Waals surface area contributed by atoms with Crippen molar-refractivity contribution in [3.63, 3.8) is 0 Å². The Morgan fingerprint density at radius 3 is 2.62 bits per heavy atom. The molecule has 0 saturated heterocycles. The molecule has 0 heterocycles. The van der Waals surface area contributed by atoms with Crippen LogP contribution in [-0.2, 0) is 0 Å². The maximum Gasteiger partial charge on any atom is 0.0632 e. The molecule has 2 nitrogen and oxygen atoms in total. The van der Waals surface area contributed by atoms with Crippen LogP contribution in [0.2, 0.25) is 0 Å². The van der Waals surface area contributed by atoms with E-state index in [1.165, 1.54) is 57.8 Å². The number of rotatable bonds is 0. The Morgan fingerprint density at radius 2 is 1.81 bits per heavy atom. The second kappa shape index (κ2) is 4.73. The third kappa shape index (κ3) is 1.80. The van der Waals surface area contributed by atoms with Crippen LogP contribution >= 0.6 is 0 Å². The molecule has 0 spiro atoms. The van der Waals surface area contributed by atoms with Gasteiger partial charge in [-0.2, -0.15) is 0 Å². The van der Waals surface area contributed by atoms with Gasteiger partial charge in [0.25, 0.3) is 0 Å². The van der Waals surface area contributed by atoms with Gasteiger partial charge in [-0.25, -0.2) is 0 Å². The van der Waals surface area contributed by atoms with Crippen LogP contribution in [0.3, 0.4) is 0 Å². The summed E-state index contributed by atoms with van der Waals surface area (Å²) in [4.78, 5) is 0. The highest BCUT2D eigenvalue weighted by molar-refractivity contribution is 5.91. The molecule has 4 fully saturated rings. The van der Waals surface area contributed by atoms with Gasteiger partial charge < -0.3 is 5.21 Å². The van der Waals surface area contributed by atoms with Gasteiger partial charge in [-0.1, -0.05) is 31.8 Å². The van der Waals surface area contributed by atoms with E-state index in [4.69, 9.17) is 0 Å². The van der Waals surface area contributed by atoms with E-state index in [2.05, 4.69) is 19.0 Å². The summed E-state index contributed by atoms with van der Waals surface area (Å²) in [5.74, 6) is 3.65. The molecule has 1 N–H and O–H groups in total. The molecular weight excluding hydrogens is 258 g/mol. The molecule has 0 aliphatic heterocycles. The van der Waals surface area contributed by atoms with E-state index >= 15 is 0 Å². The van der Waals surface area contributed by atoms with E-state index < -0.39 is 0 Å². The predicted octanol–water partition coefficient (Wildman–Crippen LogP) is 5.25. The number of oxime groups is 1. The summed E-state index contributed by atoms with van der Waals surface area (Å²) in [7, 11) is 0. The Morgan fingerprint density at radius 1 is 0.952 bits per heavy atom. The molecule has 0 radical (unpaired) electrons. The topological polar surface area (TPSA) is 32.6 Å². The zero-order valence-electron chi connectivity index (χ0n) is 13.8. The SMILES string of the molecule is C[C@]12CCCCC1CC[C@@H]1[C@H]2CC[C@]2(C)C(=NO)CC[C@@H]12. The molecule has 0 aromatic carbocycles. The Balaban J connectivity index is 1.66. The highest BCUT2D eigenvalue weighted by Gasteiger charge is 2.59. The zero-order chi connectivity index (χ0) is 14.7. The van der Waals surface area contributed by atoms with E-state index in [0.29, 0.717) is 5.41 Å². The average molecular weight is 289 g/mol. The second-order valence-corrected chi connectivity index (χ2v) is 8.94. The van der Waals surface area contributed by atoms with Gasteiger partial charge in [-0.15, -0.1) is 0 Å². The summed E-state index contributed by atoms with van der Waals surface area (Å²) in [6, 6.07) is 0. The summed E-state index contributed by atoms with van der Waals surface area (Å²) >= 11 is 0. The lowest BCUT2D eigenvalue weighted by Gasteiger charge is -2.59. The first kappa shape index (κ1) is 14.1. The summed E-state index contributed by atoms with van der Waals surface area (Å²) < 4.78 is 0. The highest BCUT2D eigenvalue weighted by Crippen LogP contribution is 2.65. The molecule has 0 aromatic rings. The van der Waals surface area contributed by atoms with Crippen LogP contribution in [0.1, 0.15) is 78.1 Å². The normalized spacial score (nSPS) is 54.9. The molecule has 0 aromatic heterocycles. The third-order valence-electron chi connectivity index (χ3n) is 8.44. The van der Waals surface area contributed by atoms with Crippen molar-refractivity contribution in [3.8, 4) is 0 Å². The van der Waals surface area contributed by atoms with Crippen LogP contribution in [0, 0.1) is 34.5 Å². The fourth-order valence-electron chi connectivity index (χ4n) is 7.25. The van der Waals surface area contributed by atoms with Crippen molar-refractivity contribution in [2.75, 3.05) is 0 Å². The van der Waals surface area contributed by atoms with E-state index in [1.54, 1.807) is 0 Å². The molecule has 6 atom stereocenters. The number of nitrogens with zero attached hydrogens (tertiary/aromatic N) is 1. The first-order valence-corrected chi connectivity index (χ1v) is 9.31. The number of hydrogen-bond donors (Lipinski definition) is 1. The van der Waals surface area contributed by atoms with E-state index in [0.717, 1.165) is 35.8 Å². The molecule has 4 aliphatic rings. The van der Waals surface area contributed by atoms with Gasteiger partial charge in [0.15, 0.2) is 0 Å². The van der Waals surface area contributed by atoms with Crippen molar-refractivity contribution in [2.45, 2.75) is 78.1 Å². The zero-order valence-corrected chi connectivity index (χ0v) is 13.8. The second-order valence-electron chi connectivity index (χ2n) is 8.94. The lowest BCUT2D eigenvalue weighted by Crippen LogP contribution is -2.52. The Kier molecular flexibility index (Phi) is 3.17. The Bertz CT molecular complexity index is 458. The van der Waals surface area contributed by atoms with Gasteiger partial charge in [0, 0.05) is 5.41 Å². The minimum absolute atomic E-state index is 0.216.